The first-order chi connectivity index (χ1) is 24.4. The molecule has 3 aromatic carbocycles. The van der Waals surface area contributed by atoms with Gasteiger partial charge in [-0.25, -0.2) is 4.79 Å². The molecule has 2 unspecified atom stereocenters. The van der Waals surface area contributed by atoms with Crippen molar-refractivity contribution in [3.63, 3.8) is 0 Å². The Morgan fingerprint density at radius 1 is 0.923 bits per heavy atom. The molecule has 3 aromatic rings. The van der Waals surface area contributed by atoms with E-state index in [9.17, 15) is 44.7 Å². The van der Waals surface area contributed by atoms with Crippen LogP contribution in [0.2, 0.25) is 0 Å². The number of Topliss-reactive ketones (excluding diaryl/α,β-unsaturated/α-hetero) is 2. The molecule has 0 bridgehead atoms. The van der Waals surface area contributed by atoms with Gasteiger partial charge in [0.2, 0.25) is 5.91 Å². The predicted molar refractivity (Wildman–Crippen MR) is 188 cm³/mol. The number of hydrogen-bond donors (Lipinski definition) is 7. The van der Waals surface area contributed by atoms with Crippen LogP contribution in [-0.2, 0) is 14.3 Å². The number of benzene rings is 3. The number of hydrogen-bond acceptors (Lipinski definition) is 10. The molecule has 274 valence electrons. The number of rotatable bonds is 5. The van der Waals surface area contributed by atoms with Gasteiger partial charge in [0.25, 0.3) is 0 Å². The molecule has 0 spiro atoms. The Morgan fingerprint density at radius 2 is 1.50 bits per heavy atom. The first-order valence-electron chi connectivity index (χ1n) is 17.6. The molecule has 4 aliphatic rings. The van der Waals surface area contributed by atoms with Crippen LogP contribution >= 0.6 is 0 Å². The topological polar surface area (TPSA) is 217 Å². The maximum absolute atomic E-state index is 14.5. The maximum Gasteiger partial charge on any atom is 0.411 e. The molecule has 8 N–H and O–H groups in total. The summed E-state index contributed by atoms with van der Waals surface area (Å²) >= 11 is 0. The van der Waals surface area contributed by atoms with Crippen LogP contribution in [0.1, 0.15) is 73.5 Å². The van der Waals surface area contributed by atoms with Crippen LogP contribution in [0.15, 0.2) is 60.7 Å². The van der Waals surface area contributed by atoms with Crippen molar-refractivity contribution in [3.8, 4) is 16.9 Å². The molecular formula is C40H44N2O10. The molecular weight excluding hydrogens is 668 g/mol. The Kier molecular flexibility index (Phi) is 8.22. The Hall–Kier alpha value is -4.62. The molecule has 12 heteroatoms. The quantitative estimate of drug-likeness (QED) is 0.151. The third kappa shape index (κ3) is 4.41. The van der Waals surface area contributed by atoms with E-state index in [1.165, 1.54) is 19.1 Å². The average molecular weight is 713 g/mol. The minimum atomic E-state index is -2.90. The highest BCUT2D eigenvalue weighted by Crippen LogP contribution is 2.68. The lowest BCUT2D eigenvalue weighted by molar-refractivity contribution is -0.306. The van der Waals surface area contributed by atoms with E-state index < -0.39 is 93.6 Å². The van der Waals surface area contributed by atoms with Crippen molar-refractivity contribution in [1.82, 2.24) is 0 Å². The third-order valence-corrected chi connectivity index (χ3v) is 13.2. The zero-order valence-electron chi connectivity index (χ0n) is 29.5. The van der Waals surface area contributed by atoms with Crippen LogP contribution in [0, 0.1) is 34.5 Å². The Bertz CT molecular complexity index is 1980. The van der Waals surface area contributed by atoms with Crippen molar-refractivity contribution in [2.75, 3.05) is 11.9 Å². The number of aromatic hydroxyl groups is 1. The number of ether oxygens (including phenoxy) is 1. The number of aliphatic hydroxyl groups excluding tert-OH is 3. The summed E-state index contributed by atoms with van der Waals surface area (Å²) in [7, 11) is 0. The van der Waals surface area contributed by atoms with Gasteiger partial charge in [-0.05, 0) is 51.6 Å². The summed E-state index contributed by atoms with van der Waals surface area (Å²) in [5.74, 6) is -10.2. The molecule has 0 aromatic heterocycles. The smallest absolute Gasteiger partial charge is 0.411 e. The lowest BCUT2D eigenvalue weighted by atomic mass is 9.36. The van der Waals surface area contributed by atoms with Crippen molar-refractivity contribution in [2.45, 2.75) is 70.4 Å². The molecule has 52 heavy (non-hydrogen) atoms. The summed E-state index contributed by atoms with van der Waals surface area (Å²) < 4.78 is 5.64. The summed E-state index contributed by atoms with van der Waals surface area (Å²) in [6.45, 7) is 8.02. The number of fused-ring (bicyclic) bond motifs is 6. The van der Waals surface area contributed by atoms with Crippen molar-refractivity contribution in [1.29, 1.82) is 0 Å². The number of carbonyl (C=O) groups is 4. The fourth-order valence-corrected chi connectivity index (χ4v) is 10.6. The van der Waals surface area contributed by atoms with Gasteiger partial charge in [0, 0.05) is 16.7 Å². The fraction of sp³-hybridized carbons (Fsp3) is 0.450. The highest BCUT2D eigenvalue weighted by atomic mass is 16.5. The predicted octanol–water partition coefficient (Wildman–Crippen LogP) is 3.47. The number of phenolic OH excluding ortho intramolecular Hbond substituents is 1. The lowest BCUT2D eigenvalue weighted by Crippen LogP contribution is -2.83. The van der Waals surface area contributed by atoms with E-state index in [1.54, 1.807) is 27.7 Å². The fourth-order valence-electron chi connectivity index (χ4n) is 10.6. The van der Waals surface area contributed by atoms with Gasteiger partial charge in [-0.1, -0.05) is 89.2 Å². The molecule has 0 saturated heterocycles. The zero-order valence-corrected chi connectivity index (χ0v) is 29.5. The van der Waals surface area contributed by atoms with Gasteiger partial charge >= 0.3 is 6.09 Å². The Labute approximate surface area is 300 Å². The second-order valence-corrected chi connectivity index (χ2v) is 15.7. The first-order valence-corrected chi connectivity index (χ1v) is 17.6. The molecule has 7 rings (SSSR count). The van der Waals surface area contributed by atoms with E-state index in [0.29, 0.717) is 5.56 Å². The van der Waals surface area contributed by atoms with Crippen molar-refractivity contribution in [3.05, 3.63) is 82.9 Å². The van der Waals surface area contributed by atoms with Gasteiger partial charge in [0.15, 0.2) is 17.2 Å². The summed E-state index contributed by atoms with van der Waals surface area (Å²) in [5, 5.41) is 62.3. The largest absolute Gasteiger partial charge is 0.505 e. The molecule has 0 heterocycles. The summed E-state index contributed by atoms with van der Waals surface area (Å²) in [4.78, 5) is 54.2. The van der Waals surface area contributed by atoms with Crippen LogP contribution in [0.4, 0.5) is 10.5 Å². The minimum absolute atomic E-state index is 0.00419. The summed E-state index contributed by atoms with van der Waals surface area (Å²) in [5.41, 5.74) is 3.15. The molecule has 2 saturated carbocycles. The number of aliphatic hydroxyl groups is 4. The zero-order chi connectivity index (χ0) is 37.8. The number of amides is 2. The lowest BCUT2D eigenvalue weighted by Gasteiger charge is -2.69. The molecule has 2 fully saturated rings. The second kappa shape index (κ2) is 12.0. The second-order valence-electron chi connectivity index (χ2n) is 15.7. The molecule has 0 radical (unpaired) electrons. The van der Waals surface area contributed by atoms with Crippen LogP contribution in [0.25, 0.3) is 11.1 Å². The highest BCUT2D eigenvalue weighted by molar-refractivity contribution is 6.10. The average Bonchev–Trinajstić information content (AvgIpc) is 3.41. The molecule has 4 aliphatic carbocycles. The number of anilines is 1. The van der Waals surface area contributed by atoms with Gasteiger partial charge in [-0.15, -0.1) is 0 Å². The maximum atomic E-state index is 14.5. The van der Waals surface area contributed by atoms with E-state index in [2.05, 4.69) is 5.32 Å². The van der Waals surface area contributed by atoms with Gasteiger partial charge in [-0.2, -0.15) is 0 Å². The molecule has 10 atom stereocenters. The van der Waals surface area contributed by atoms with Gasteiger partial charge in [0.05, 0.1) is 29.4 Å². The van der Waals surface area contributed by atoms with Crippen LogP contribution in [-0.4, -0.2) is 79.6 Å². The molecule has 12 nitrogen and oxygen atoms in total. The summed E-state index contributed by atoms with van der Waals surface area (Å²) in [6.07, 6.45) is -6.45. The van der Waals surface area contributed by atoms with E-state index >= 15 is 0 Å². The minimum Gasteiger partial charge on any atom is -0.505 e. The SMILES string of the molecule is CC(C)[C@H]1C(O)[C@@H](C(N)=O)C(=O)[C@]2(O)C(O)[C@H]3C(=O)c4c(ccc(NC(=O)OCC5c6ccccc6-c6ccccc65)c4O)[C@@H](C)[C@]3(C)[C@@H](O)[C@]12C. The van der Waals surface area contributed by atoms with E-state index in [4.69, 9.17) is 10.5 Å². The first kappa shape index (κ1) is 35.8. The van der Waals surface area contributed by atoms with Gasteiger partial charge < -0.3 is 36.0 Å². The standard InChI is InChI=1S/C40H44N2O10/c1-17(2)28-32(45)27(35(41)48)33(46)40(51)34(47)29-31(44)26-19(18(3)38(29,4)36(49)39(28,40)5)14-15-25(30(26)43)42-37(50)52-16-24-22-12-8-6-10-20(22)21-11-7-9-13-23(21)24/h6-15,17-18,24,27-29,32,34,36,43,45,47,49,51H,16H2,1-5H3,(H2,41,48)(H,42,50)/t18-,27-,28+,29-,32?,34?,36-,38+,39+,40+/m1/s1. The Morgan fingerprint density at radius 3 is 2.06 bits per heavy atom. The number of carbonyl (C=O) groups excluding carboxylic acids is 4. The van der Waals surface area contributed by atoms with Gasteiger partial charge in [0.1, 0.15) is 24.4 Å². The highest BCUT2D eigenvalue weighted by Gasteiger charge is 2.80. The van der Waals surface area contributed by atoms with E-state index in [1.807, 2.05) is 48.5 Å². The third-order valence-electron chi connectivity index (χ3n) is 13.2. The van der Waals surface area contributed by atoms with Crippen molar-refractivity contribution < 1.29 is 49.4 Å². The normalized spacial score (nSPS) is 34.8. The number of primary amides is 1. The molecule has 2 amide bonds. The van der Waals surface area contributed by atoms with E-state index in [-0.39, 0.29) is 23.8 Å². The number of nitrogens with two attached hydrogens (primary N) is 1. The number of phenols is 1. The summed E-state index contributed by atoms with van der Waals surface area (Å²) in [6, 6.07) is 18.6. The van der Waals surface area contributed by atoms with Crippen LogP contribution < -0.4 is 11.1 Å². The van der Waals surface area contributed by atoms with E-state index in [0.717, 1.165) is 22.3 Å². The monoisotopic (exact) mass is 712 g/mol. The van der Waals surface area contributed by atoms with Crippen LogP contribution in [0.5, 0.6) is 5.75 Å². The Balaban J connectivity index is 1.22. The number of nitrogens with one attached hydrogen (secondary N) is 1. The number of ketones is 2. The van der Waals surface area contributed by atoms with Crippen molar-refractivity contribution >= 4 is 29.3 Å². The van der Waals surface area contributed by atoms with Crippen molar-refractivity contribution in [2.24, 2.45) is 40.2 Å². The van der Waals surface area contributed by atoms with Gasteiger partial charge in [-0.3, -0.25) is 19.7 Å². The molecule has 0 aliphatic heterocycles. The van der Waals surface area contributed by atoms with Crippen LogP contribution in [0.3, 0.4) is 0 Å².